The van der Waals surface area contributed by atoms with E-state index < -0.39 is 0 Å². The van der Waals surface area contributed by atoms with Gasteiger partial charge >= 0.3 is 0 Å². The third-order valence-corrected chi connectivity index (χ3v) is 6.71. The highest BCUT2D eigenvalue weighted by atomic mass is 16.5. The Balaban J connectivity index is 1.43. The second-order valence-electron chi connectivity index (χ2n) is 9.79. The van der Waals surface area contributed by atoms with Crippen LogP contribution in [0.25, 0.3) is 0 Å². The lowest BCUT2D eigenvalue weighted by Crippen LogP contribution is -2.40. The van der Waals surface area contributed by atoms with Gasteiger partial charge in [-0.05, 0) is 24.6 Å². The molecule has 0 atom stereocenters. The first kappa shape index (κ1) is 29.2. The molecule has 0 bridgehead atoms. The van der Waals surface area contributed by atoms with E-state index in [1.54, 1.807) is 0 Å². The highest BCUT2D eigenvalue weighted by molar-refractivity contribution is 5.95. The number of unbranched alkanes of at least 4 members (excludes halogenated alkanes) is 13. The van der Waals surface area contributed by atoms with Crippen molar-refractivity contribution in [2.45, 2.75) is 96.8 Å². The Labute approximate surface area is 213 Å². The second kappa shape index (κ2) is 19.1. The van der Waals surface area contributed by atoms with Crippen LogP contribution in [0.1, 0.15) is 107 Å². The number of carbonyl (C=O) groups excluding carboxylic acids is 2. The van der Waals surface area contributed by atoms with Gasteiger partial charge in [0.25, 0.3) is 5.91 Å². The maximum Gasteiger partial charge on any atom is 0.254 e. The van der Waals surface area contributed by atoms with Gasteiger partial charge < -0.3 is 20.3 Å². The molecule has 1 fully saturated rings. The fourth-order valence-electron chi connectivity index (χ4n) is 4.50. The number of hydrogen-bond donors (Lipinski definition) is 2. The summed E-state index contributed by atoms with van der Waals surface area (Å²) in [5, 5.41) is 6.13. The number of anilines is 1. The Hall–Kier alpha value is -2.08. The minimum Gasteiger partial charge on any atom is -0.378 e. The number of rotatable bonds is 19. The Morgan fingerprint density at radius 1 is 0.829 bits per heavy atom. The average molecular weight is 488 g/mol. The molecule has 198 valence electrons. The molecule has 1 heterocycles. The zero-order valence-corrected chi connectivity index (χ0v) is 22.1. The summed E-state index contributed by atoms with van der Waals surface area (Å²) in [6.45, 7) is 5.64. The van der Waals surface area contributed by atoms with Gasteiger partial charge in [-0.1, -0.05) is 96.5 Å². The summed E-state index contributed by atoms with van der Waals surface area (Å²) in [4.78, 5) is 26.6. The van der Waals surface area contributed by atoms with Crippen molar-refractivity contribution < 1.29 is 14.3 Å². The minimum atomic E-state index is -0.00963. The number of benzene rings is 1. The number of amides is 2. The normalized spacial score (nSPS) is 13.6. The van der Waals surface area contributed by atoms with Crippen LogP contribution >= 0.6 is 0 Å². The van der Waals surface area contributed by atoms with Crippen LogP contribution < -0.4 is 10.6 Å². The molecule has 2 amide bonds. The highest BCUT2D eigenvalue weighted by Crippen LogP contribution is 2.14. The summed E-state index contributed by atoms with van der Waals surface area (Å²) in [7, 11) is 0. The summed E-state index contributed by atoms with van der Waals surface area (Å²) >= 11 is 0. The Bertz CT molecular complexity index is 704. The van der Waals surface area contributed by atoms with E-state index >= 15 is 0 Å². The molecule has 1 aliphatic heterocycles. The third kappa shape index (κ3) is 13.6. The molecule has 0 spiro atoms. The smallest absolute Gasteiger partial charge is 0.254 e. The summed E-state index contributed by atoms with van der Waals surface area (Å²) in [6.07, 6.45) is 18.7. The van der Waals surface area contributed by atoms with Gasteiger partial charge in [0.05, 0.1) is 19.8 Å². The van der Waals surface area contributed by atoms with Crippen molar-refractivity contribution in [3.63, 3.8) is 0 Å². The Kier molecular flexibility index (Phi) is 16.0. The largest absolute Gasteiger partial charge is 0.378 e. The molecule has 1 aliphatic rings. The van der Waals surface area contributed by atoms with Gasteiger partial charge in [-0.3, -0.25) is 9.59 Å². The summed E-state index contributed by atoms with van der Waals surface area (Å²) in [5.74, 6) is 0.00353. The van der Waals surface area contributed by atoms with E-state index in [1.807, 2.05) is 29.2 Å². The number of morpholine rings is 1. The van der Waals surface area contributed by atoms with E-state index in [-0.39, 0.29) is 18.4 Å². The number of nitrogens with zero attached hydrogens (tertiary/aromatic N) is 1. The SMILES string of the molecule is CCCCCCCCCCCCCCCCNC(=O)CNc1cccc(C(=O)N2CCOCC2)c1. The molecule has 0 unspecified atom stereocenters. The van der Waals surface area contributed by atoms with E-state index in [0.717, 1.165) is 18.7 Å². The van der Waals surface area contributed by atoms with Gasteiger partial charge in [-0.2, -0.15) is 0 Å². The van der Waals surface area contributed by atoms with E-state index in [2.05, 4.69) is 17.6 Å². The Morgan fingerprint density at radius 3 is 2.00 bits per heavy atom. The molecule has 0 saturated carbocycles. The van der Waals surface area contributed by atoms with Crippen LogP contribution in [-0.2, 0) is 9.53 Å². The number of carbonyl (C=O) groups is 2. The average Bonchev–Trinajstić information content (AvgIpc) is 2.90. The molecule has 1 aromatic carbocycles. The molecular weight excluding hydrogens is 438 g/mol. The van der Waals surface area contributed by atoms with Crippen LogP contribution in [0.2, 0.25) is 0 Å². The molecule has 0 aromatic heterocycles. The van der Waals surface area contributed by atoms with Crippen molar-refractivity contribution >= 4 is 17.5 Å². The fraction of sp³-hybridized carbons (Fsp3) is 0.724. The molecule has 1 saturated heterocycles. The van der Waals surface area contributed by atoms with Gasteiger partial charge in [0.1, 0.15) is 0 Å². The standard InChI is InChI=1S/C29H49N3O3/c1-2-3-4-5-6-7-8-9-10-11-12-13-14-15-19-30-28(33)25-31-27-18-16-17-26(24-27)29(34)32-20-22-35-23-21-32/h16-18,24,31H,2-15,19-23,25H2,1H3,(H,30,33). The van der Waals surface area contributed by atoms with Gasteiger partial charge in [0.2, 0.25) is 5.91 Å². The summed E-state index contributed by atoms with van der Waals surface area (Å²) < 4.78 is 5.32. The van der Waals surface area contributed by atoms with Crippen molar-refractivity contribution in [3.05, 3.63) is 29.8 Å². The molecule has 2 rings (SSSR count). The maximum absolute atomic E-state index is 12.6. The topological polar surface area (TPSA) is 70.7 Å². The minimum absolute atomic E-state index is 0.00963. The zero-order valence-electron chi connectivity index (χ0n) is 22.1. The quantitative estimate of drug-likeness (QED) is 0.229. The van der Waals surface area contributed by atoms with Gasteiger partial charge in [0.15, 0.2) is 0 Å². The predicted octanol–water partition coefficient (Wildman–Crippen LogP) is 6.17. The van der Waals surface area contributed by atoms with Crippen molar-refractivity contribution in [3.8, 4) is 0 Å². The molecule has 35 heavy (non-hydrogen) atoms. The first-order chi connectivity index (χ1) is 17.2. The molecule has 1 aromatic rings. The van der Waals surface area contributed by atoms with Crippen molar-refractivity contribution in [2.75, 3.05) is 44.7 Å². The lowest BCUT2D eigenvalue weighted by molar-refractivity contribution is -0.119. The predicted molar refractivity (Wildman–Crippen MR) is 145 cm³/mol. The Morgan fingerprint density at radius 2 is 1.40 bits per heavy atom. The third-order valence-electron chi connectivity index (χ3n) is 6.71. The molecule has 0 aliphatic carbocycles. The molecule has 6 heteroatoms. The monoisotopic (exact) mass is 487 g/mol. The van der Waals surface area contributed by atoms with Gasteiger partial charge in [-0.15, -0.1) is 0 Å². The van der Waals surface area contributed by atoms with Gasteiger partial charge in [0, 0.05) is 30.9 Å². The summed E-state index contributed by atoms with van der Waals surface area (Å²) in [5.41, 5.74) is 1.43. The van der Waals surface area contributed by atoms with Crippen LogP contribution in [0.3, 0.4) is 0 Å². The van der Waals surface area contributed by atoms with Crippen molar-refractivity contribution in [1.29, 1.82) is 0 Å². The van der Waals surface area contributed by atoms with E-state index in [9.17, 15) is 9.59 Å². The number of hydrogen-bond acceptors (Lipinski definition) is 4. The second-order valence-corrected chi connectivity index (χ2v) is 9.79. The molecule has 0 radical (unpaired) electrons. The molecule has 6 nitrogen and oxygen atoms in total. The zero-order chi connectivity index (χ0) is 25.0. The fourth-order valence-corrected chi connectivity index (χ4v) is 4.50. The molecular formula is C29H49N3O3. The van der Waals surface area contributed by atoms with Crippen LogP contribution in [0, 0.1) is 0 Å². The lowest BCUT2D eigenvalue weighted by atomic mass is 10.0. The first-order valence-electron chi connectivity index (χ1n) is 14.2. The lowest BCUT2D eigenvalue weighted by Gasteiger charge is -2.27. The van der Waals surface area contributed by atoms with E-state index in [1.165, 1.54) is 83.5 Å². The van der Waals surface area contributed by atoms with Crippen molar-refractivity contribution in [2.24, 2.45) is 0 Å². The van der Waals surface area contributed by atoms with E-state index in [4.69, 9.17) is 4.74 Å². The van der Waals surface area contributed by atoms with Crippen LogP contribution in [0.15, 0.2) is 24.3 Å². The molecule has 2 N–H and O–H groups in total. The van der Waals surface area contributed by atoms with Crippen molar-refractivity contribution in [1.82, 2.24) is 10.2 Å². The van der Waals surface area contributed by atoms with Gasteiger partial charge in [-0.25, -0.2) is 0 Å². The van der Waals surface area contributed by atoms with E-state index in [0.29, 0.717) is 31.9 Å². The number of nitrogens with one attached hydrogen (secondary N) is 2. The number of ether oxygens (including phenoxy) is 1. The first-order valence-corrected chi connectivity index (χ1v) is 14.2. The summed E-state index contributed by atoms with van der Waals surface area (Å²) in [6, 6.07) is 7.37. The highest BCUT2D eigenvalue weighted by Gasteiger charge is 2.18. The van der Waals surface area contributed by atoms with Crippen LogP contribution in [0.4, 0.5) is 5.69 Å². The maximum atomic E-state index is 12.6. The van der Waals surface area contributed by atoms with Crippen LogP contribution in [-0.4, -0.2) is 56.1 Å². The van der Waals surface area contributed by atoms with Crippen LogP contribution in [0.5, 0.6) is 0 Å².